The standard InChI is InChI=1S/C15H26F3N3O2S2/c1-14(2,3)24(22)20-10-13-19-9-12(15(16,17)18)21(13)11-23-7-8-25(4,5)6/h9-10H,7-8,11H2,1-6H3. The van der Waals surface area contributed by atoms with E-state index >= 15 is 0 Å². The first-order valence-corrected chi connectivity index (χ1v) is 11.7. The van der Waals surface area contributed by atoms with Crippen molar-refractivity contribution in [2.24, 2.45) is 4.40 Å². The summed E-state index contributed by atoms with van der Waals surface area (Å²) < 4.78 is 60.9. The number of halogens is 3. The van der Waals surface area contributed by atoms with Crippen molar-refractivity contribution in [3.63, 3.8) is 0 Å². The van der Waals surface area contributed by atoms with Crippen LogP contribution < -0.4 is 0 Å². The summed E-state index contributed by atoms with van der Waals surface area (Å²) in [6, 6.07) is 0. The van der Waals surface area contributed by atoms with Gasteiger partial charge < -0.3 is 9.29 Å². The van der Waals surface area contributed by atoms with Gasteiger partial charge in [0.2, 0.25) is 0 Å². The number of imidazole rings is 1. The number of ether oxygens (including phenoxy) is 1. The van der Waals surface area contributed by atoms with E-state index in [2.05, 4.69) is 28.1 Å². The molecule has 0 bridgehead atoms. The molecule has 25 heavy (non-hydrogen) atoms. The van der Waals surface area contributed by atoms with Crippen molar-refractivity contribution in [3.8, 4) is 0 Å². The van der Waals surface area contributed by atoms with E-state index in [9.17, 15) is 17.7 Å². The number of aromatic nitrogens is 2. The predicted octanol–water partition coefficient (Wildman–Crippen LogP) is 3.45. The molecule has 1 heterocycles. The van der Waals surface area contributed by atoms with E-state index in [1.165, 1.54) is 0 Å². The van der Waals surface area contributed by atoms with E-state index in [0.717, 1.165) is 22.7 Å². The van der Waals surface area contributed by atoms with Gasteiger partial charge in [-0.1, -0.05) is 4.40 Å². The van der Waals surface area contributed by atoms with Crippen molar-refractivity contribution >= 4 is 27.6 Å². The molecule has 0 saturated heterocycles. The molecule has 0 aliphatic rings. The highest BCUT2D eigenvalue weighted by molar-refractivity contribution is 8.32. The van der Waals surface area contributed by atoms with Gasteiger partial charge >= 0.3 is 6.18 Å². The maximum Gasteiger partial charge on any atom is 0.433 e. The van der Waals surface area contributed by atoms with Gasteiger partial charge in [0, 0.05) is 5.75 Å². The average molecular weight is 402 g/mol. The van der Waals surface area contributed by atoms with Gasteiger partial charge in [0.1, 0.15) is 34.7 Å². The summed E-state index contributed by atoms with van der Waals surface area (Å²) in [5.74, 6) is 0.758. The van der Waals surface area contributed by atoms with Crippen molar-refractivity contribution in [3.05, 3.63) is 17.7 Å². The highest BCUT2D eigenvalue weighted by Gasteiger charge is 2.36. The summed E-state index contributed by atoms with van der Waals surface area (Å²) in [7, 11) is -0.790. The number of alkyl halides is 3. The van der Waals surface area contributed by atoms with Crippen molar-refractivity contribution in [1.29, 1.82) is 0 Å². The first kappa shape index (κ1) is 22.3. The Balaban J connectivity index is 2.95. The summed E-state index contributed by atoms with van der Waals surface area (Å²) in [6.45, 7) is 5.26. The van der Waals surface area contributed by atoms with Gasteiger partial charge in [-0.15, -0.1) is 0 Å². The minimum atomic E-state index is -4.55. The normalized spacial score (nSPS) is 15.8. The van der Waals surface area contributed by atoms with E-state index in [1.807, 2.05) is 0 Å². The largest absolute Gasteiger partial charge is 0.591 e. The van der Waals surface area contributed by atoms with E-state index < -0.39 is 38.0 Å². The Labute approximate surface area is 151 Å². The van der Waals surface area contributed by atoms with Crippen LogP contribution in [0.5, 0.6) is 0 Å². The van der Waals surface area contributed by atoms with Gasteiger partial charge in [-0.3, -0.25) is 4.57 Å². The van der Waals surface area contributed by atoms with Crippen LogP contribution in [0.3, 0.4) is 0 Å². The maximum atomic E-state index is 13.1. The number of hydrogen-bond acceptors (Lipinski definition) is 4. The Morgan fingerprint density at radius 1 is 1.32 bits per heavy atom. The number of hydrogen-bond donors (Lipinski definition) is 0. The highest BCUT2D eigenvalue weighted by atomic mass is 32.3. The van der Waals surface area contributed by atoms with Gasteiger partial charge in [0.25, 0.3) is 0 Å². The zero-order valence-electron chi connectivity index (χ0n) is 15.4. The van der Waals surface area contributed by atoms with Gasteiger partial charge in [-0.05, 0) is 39.5 Å². The fraction of sp³-hybridized carbons (Fsp3) is 0.733. The zero-order chi connectivity index (χ0) is 19.5. The molecule has 1 rings (SSSR count). The molecular weight excluding hydrogens is 375 g/mol. The summed E-state index contributed by atoms with van der Waals surface area (Å²) in [5, 5.41) is 0. The summed E-state index contributed by atoms with van der Waals surface area (Å²) >= 11 is -1.58. The van der Waals surface area contributed by atoms with Crippen LogP contribution in [-0.4, -0.2) is 56.2 Å². The monoisotopic (exact) mass is 401 g/mol. The molecule has 146 valence electrons. The molecule has 1 atom stereocenters. The molecule has 1 aromatic heterocycles. The first-order chi connectivity index (χ1) is 11.2. The fourth-order valence-electron chi connectivity index (χ4n) is 1.57. The van der Waals surface area contributed by atoms with Crippen LogP contribution in [0.15, 0.2) is 10.6 Å². The Kier molecular flexibility index (Phi) is 7.43. The molecule has 0 aromatic carbocycles. The average Bonchev–Trinajstić information content (AvgIpc) is 2.81. The quantitative estimate of drug-likeness (QED) is 0.399. The molecule has 0 N–H and O–H groups in total. The van der Waals surface area contributed by atoms with Crippen molar-refractivity contribution < 1.29 is 22.5 Å². The van der Waals surface area contributed by atoms with Gasteiger partial charge in [-0.25, -0.2) is 15.0 Å². The number of nitrogens with zero attached hydrogens (tertiary/aromatic N) is 3. The molecule has 1 unspecified atom stereocenters. The molecule has 0 saturated carbocycles. The Hall–Kier alpha value is -0.710. The van der Waals surface area contributed by atoms with Crippen LogP contribution in [0.25, 0.3) is 0 Å². The molecule has 5 nitrogen and oxygen atoms in total. The van der Waals surface area contributed by atoms with E-state index in [4.69, 9.17) is 4.74 Å². The van der Waals surface area contributed by atoms with Crippen LogP contribution in [0.4, 0.5) is 13.2 Å². The summed E-state index contributed by atoms with van der Waals surface area (Å²) in [6.07, 6.45) is 3.60. The molecule has 0 amide bonds. The molecule has 10 heteroatoms. The molecule has 1 aromatic rings. The van der Waals surface area contributed by atoms with Crippen molar-refractivity contribution in [2.75, 3.05) is 31.1 Å². The van der Waals surface area contributed by atoms with E-state index in [0.29, 0.717) is 6.61 Å². The Bertz CT molecular complexity index is 590. The summed E-state index contributed by atoms with van der Waals surface area (Å²) in [4.78, 5) is 3.75. The molecule has 0 radical (unpaired) electrons. The van der Waals surface area contributed by atoms with Crippen LogP contribution >= 0.6 is 10.0 Å². The van der Waals surface area contributed by atoms with E-state index in [-0.39, 0.29) is 12.6 Å². The van der Waals surface area contributed by atoms with Gasteiger partial charge in [0.05, 0.1) is 12.8 Å². The van der Waals surface area contributed by atoms with E-state index in [1.54, 1.807) is 20.8 Å². The van der Waals surface area contributed by atoms with Crippen molar-refractivity contribution in [2.45, 2.75) is 38.4 Å². The SMILES string of the molecule is CC(C)(C)[S+]([O-])N=Cc1ncc(C(F)(F)F)n1COCCS(C)(C)C. The van der Waals surface area contributed by atoms with Crippen LogP contribution in [0.1, 0.15) is 32.3 Å². The summed E-state index contributed by atoms with van der Waals surface area (Å²) in [5.41, 5.74) is -0.918. The lowest BCUT2D eigenvalue weighted by Crippen LogP contribution is -2.26. The van der Waals surface area contributed by atoms with Gasteiger partial charge in [-0.2, -0.15) is 13.2 Å². The first-order valence-electron chi connectivity index (χ1n) is 7.54. The molecule has 0 aliphatic heterocycles. The zero-order valence-corrected chi connectivity index (χ0v) is 17.0. The van der Waals surface area contributed by atoms with Crippen LogP contribution in [-0.2, 0) is 29.0 Å². The van der Waals surface area contributed by atoms with Gasteiger partial charge in [0.15, 0.2) is 5.82 Å². The second kappa shape index (κ2) is 8.32. The second-order valence-electron chi connectivity index (χ2n) is 7.36. The third-order valence-corrected chi connectivity index (χ3v) is 5.76. The third kappa shape index (κ3) is 7.59. The second-order valence-corrected chi connectivity index (χ2v) is 13.9. The smallest absolute Gasteiger partial charge is 0.433 e. The minimum Gasteiger partial charge on any atom is -0.591 e. The van der Waals surface area contributed by atoms with Crippen LogP contribution in [0.2, 0.25) is 0 Å². The Morgan fingerprint density at radius 2 is 1.92 bits per heavy atom. The lowest BCUT2D eigenvalue weighted by molar-refractivity contribution is -0.145. The molecule has 0 aliphatic carbocycles. The molecule has 0 spiro atoms. The van der Waals surface area contributed by atoms with Crippen LogP contribution in [0, 0.1) is 0 Å². The maximum absolute atomic E-state index is 13.1. The lowest BCUT2D eigenvalue weighted by atomic mass is 10.3. The fourth-order valence-corrected chi connectivity index (χ4v) is 2.70. The van der Waals surface area contributed by atoms with Crippen molar-refractivity contribution in [1.82, 2.24) is 9.55 Å². The Morgan fingerprint density at radius 3 is 2.40 bits per heavy atom. The topological polar surface area (TPSA) is 62.5 Å². The highest BCUT2D eigenvalue weighted by Crippen LogP contribution is 2.34. The minimum absolute atomic E-state index is 0.0342. The number of rotatable bonds is 7. The predicted molar refractivity (Wildman–Crippen MR) is 98.9 cm³/mol. The molecular formula is C15H26F3N3O2S2. The lowest BCUT2D eigenvalue weighted by Gasteiger charge is -2.24. The third-order valence-electron chi connectivity index (χ3n) is 3.03. The molecule has 0 fully saturated rings.